The van der Waals surface area contributed by atoms with E-state index in [9.17, 15) is 19.8 Å². The molecule has 2 N–H and O–H groups in total. The Kier molecular flexibility index (Phi) is 11.3. The molecule has 4 heteroatoms. The smallest absolute Gasteiger partial charge is 0.309 e. The first-order valence-corrected chi connectivity index (χ1v) is 22.3. The van der Waals surface area contributed by atoms with Gasteiger partial charge in [-0.05, 0) is 135 Å². The lowest BCUT2D eigenvalue weighted by Gasteiger charge is -2.80. The van der Waals surface area contributed by atoms with Crippen LogP contribution in [0.4, 0.5) is 0 Å². The molecular formula is C46H78O4. The van der Waals surface area contributed by atoms with E-state index in [4.69, 9.17) is 0 Å². The van der Waals surface area contributed by atoms with E-state index in [1.54, 1.807) is 0 Å². The minimum Gasteiger partial charge on any atom is -0.481 e. The van der Waals surface area contributed by atoms with Crippen LogP contribution in [0.15, 0.2) is 0 Å². The molecular weight excluding hydrogens is 617 g/mol. The molecule has 8 saturated carbocycles. The molecule has 0 aromatic rings. The van der Waals surface area contributed by atoms with Crippen LogP contribution in [0.3, 0.4) is 0 Å². The Morgan fingerprint density at radius 3 is 0.840 bits per heavy atom. The lowest BCUT2D eigenvalue weighted by atomic mass is 9.24. The fraction of sp³-hybridized carbons (Fsp3) is 0.957. The summed E-state index contributed by atoms with van der Waals surface area (Å²) in [5.41, 5.74) is -0.815. The molecule has 0 saturated heterocycles. The highest BCUT2D eigenvalue weighted by atomic mass is 16.4. The van der Waals surface area contributed by atoms with Crippen LogP contribution in [-0.2, 0) is 9.59 Å². The summed E-state index contributed by atoms with van der Waals surface area (Å²) >= 11 is 0. The zero-order valence-electron chi connectivity index (χ0n) is 33.3. The summed E-state index contributed by atoms with van der Waals surface area (Å²) in [5, 5.41) is 22.8. The van der Waals surface area contributed by atoms with Crippen LogP contribution in [0, 0.1) is 43.3 Å². The number of rotatable bonds is 23. The average molecular weight is 695 g/mol. The SMILES string of the molecule is CCCCCCC12CC3(CCCCCC)CC(C(=O)O)(C1)CC(C14CC5(CCCCCC)CC(CCCCCC)(CC(C(=O)O)(C5)C1)C4)(C2)C3. The van der Waals surface area contributed by atoms with Crippen LogP contribution in [-0.4, -0.2) is 22.2 Å². The number of carboxylic acid groups (broad SMARTS) is 2. The van der Waals surface area contributed by atoms with Gasteiger partial charge in [0.15, 0.2) is 0 Å². The minimum atomic E-state index is -0.618. The van der Waals surface area contributed by atoms with Gasteiger partial charge in [-0.2, -0.15) is 0 Å². The highest BCUT2D eigenvalue weighted by Gasteiger charge is 2.79. The van der Waals surface area contributed by atoms with E-state index in [1.165, 1.54) is 167 Å². The molecule has 0 aromatic carbocycles. The van der Waals surface area contributed by atoms with Crippen LogP contribution in [0.25, 0.3) is 0 Å². The van der Waals surface area contributed by atoms with Gasteiger partial charge in [0.1, 0.15) is 0 Å². The number of aliphatic carboxylic acids is 2. The Labute approximate surface area is 307 Å². The van der Waals surface area contributed by atoms with E-state index in [0.29, 0.717) is 0 Å². The van der Waals surface area contributed by atoms with Gasteiger partial charge in [0.2, 0.25) is 0 Å². The monoisotopic (exact) mass is 695 g/mol. The van der Waals surface area contributed by atoms with E-state index < -0.39 is 22.8 Å². The first kappa shape index (κ1) is 38.7. The fourth-order valence-corrected chi connectivity index (χ4v) is 16.5. The van der Waals surface area contributed by atoms with Gasteiger partial charge < -0.3 is 10.2 Å². The Morgan fingerprint density at radius 2 is 0.620 bits per heavy atom. The number of carbonyl (C=O) groups is 2. The normalized spacial score (nSPS) is 42.4. The third kappa shape index (κ3) is 6.89. The van der Waals surface area contributed by atoms with Crippen LogP contribution in [0.5, 0.6) is 0 Å². The molecule has 0 radical (unpaired) electrons. The third-order valence-electron chi connectivity index (χ3n) is 16.8. The zero-order valence-corrected chi connectivity index (χ0v) is 33.3. The molecule has 4 unspecified atom stereocenters. The predicted octanol–water partition coefficient (Wildman–Crippen LogP) is 13.7. The summed E-state index contributed by atoms with van der Waals surface area (Å²) in [6, 6.07) is 0. The van der Waals surface area contributed by atoms with E-state index in [0.717, 1.165) is 38.5 Å². The van der Waals surface area contributed by atoms with Gasteiger partial charge in [0.25, 0.3) is 0 Å². The number of hydrogen-bond acceptors (Lipinski definition) is 2. The molecule has 8 bridgehead atoms. The first-order valence-electron chi connectivity index (χ1n) is 22.3. The highest BCUT2D eigenvalue weighted by molar-refractivity contribution is 5.77. The van der Waals surface area contributed by atoms with Gasteiger partial charge in [-0.15, -0.1) is 0 Å². The average Bonchev–Trinajstić information content (AvgIpc) is 3.04. The van der Waals surface area contributed by atoms with Crippen LogP contribution >= 0.6 is 0 Å². The quantitative estimate of drug-likeness (QED) is 0.104. The van der Waals surface area contributed by atoms with E-state index in [2.05, 4.69) is 27.7 Å². The summed E-state index contributed by atoms with van der Waals surface area (Å²) in [5.74, 6) is -1.00. The Balaban J connectivity index is 1.46. The van der Waals surface area contributed by atoms with E-state index >= 15 is 0 Å². The van der Waals surface area contributed by atoms with Gasteiger partial charge >= 0.3 is 11.9 Å². The largest absolute Gasteiger partial charge is 0.481 e. The predicted molar refractivity (Wildman–Crippen MR) is 205 cm³/mol. The van der Waals surface area contributed by atoms with Gasteiger partial charge in [-0.25, -0.2) is 0 Å². The molecule has 0 heterocycles. The van der Waals surface area contributed by atoms with Gasteiger partial charge in [0, 0.05) is 0 Å². The molecule has 0 aliphatic heterocycles. The van der Waals surface area contributed by atoms with Crippen molar-refractivity contribution in [2.75, 3.05) is 0 Å². The zero-order chi connectivity index (χ0) is 35.8. The standard InChI is InChI=1S/C46H78O4/c1-5-9-13-17-21-39-25-40(22-18-14-10-6-2)28-43(27-39,37(47)48)35-45(31-39,32-40)46-33-41(23-19-15-11-7-3)26-42(34-46,24-20-16-12-8-4)30-44(29-41,36-46)38(49)50/h5-36H2,1-4H3,(H,47,48)(H,49,50). The molecule has 8 aliphatic rings. The van der Waals surface area contributed by atoms with Crippen molar-refractivity contribution >= 4 is 11.9 Å². The molecule has 8 aliphatic carbocycles. The molecule has 8 rings (SSSR count). The van der Waals surface area contributed by atoms with Crippen molar-refractivity contribution < 1.29 is 19.8 Å². The second-order valence-electron chi connectivity index (χ2n) is 21.1. The van der Waals surface area contributed by atoms with Crippen molar-refractivity contribution in [1.82, 2.24) is 0 Å². The van der Waals surface area contributed by atoms with Crippen molar-refractivity contribution in [2.24, 2.45) is 43.3 Å². The van der Waals surface area contributed by atoms with Crippen molar-refractivity contribution in [1.29, 1.82) is 0 Å². The molecule has 0 aromatic heterocycles. The fourth-order valence-electron chi connectivity index (χ4n) is 16.5. The summed E-state index contributed by atoms with van der Waals surface area (Å²) < 4.78 is 0. The summed E-state index contributed by atoms with van der Waals surface area (Å²) in [4.78, 5) is 27.7. The van der Waals surface area contributed by atoms with Crippen molar-refractivity contribution in [3.05, 3.63) is 0 Å². The van der Waals surface area contributed by atoms with Gasteiger partial charge in [0.05, 0.1) is 10.8 Å². The Hall–Kier alpha value is -1.06. The van der Waals surface area contributed by atoms with Crippen LogP contribution < -0.4 is 0 Å². The molecule has 4 nitrogen and oxygen atoms in total. The van der Waals surface area contributed by atoms with Crippen molar-refractivity contribution in [2.45, 2.75) is 233 Å². The maximum atomic E-state index is 13.9. The van der Waals surface area contributed by atoms with E-state index in [1.807, 2.05) is 0 Å². The van der Waals surface area contributed by atoms with Crippen LogP contribution in [0.2, 0.25) is 0 Å². The Morgan fingerprint density at radius 1 is 0.360 bits per heavy atom. The molecule has 50 heavy (non-hydrogen) atoms. The molecule has 8 fully saturated rings. The minimum absolute atomic E-state index is 0.0268. The molecule has 0 amide bonds. The summed E-state index contributed by atoms with van der Waals surface area (Å²) in [6.45, 7) is 9.19. The lowest BCUT2D eigenvalue weighted by Crippen LogP contribution is -2.73. The maximum Gasteiger partial charge on any atom is 0.309 e. The van der Waals surface area contributed by atoms with E-state index in [-0.39, 0.29) is 32.5 Å². The third-order valence-corrected chi connectivity index (χ3v) is 16.8. The van der Waals surface area contributed by atoms with Crippen molar-refractivity contribution in [3.63, 3.8) is 0 Å². The van der Waals surface area contributed by atoms with Crippen molar-refractivity contribution in [3.8, 4) is 0 Å². The number of unbranched alkanes of at least 4 members (excludes halogenated alkanes) is 12. The highest BCUT2D eigenvalue weighted by Crippen LogP contribution is 2.87. The Bertz CT molecular complexity index is 1050. The topological polar surface area (TPSA) is 74.6 Å². The number of carboxylic acids is 2. The lowest BCUT2D eigenvalue weighted by molar-refractivity contribution is -0.306. The molecule has 0 spiro atoms. The molecule has 4 atom stereocenters. The molecule has 286 valence electrons. The summed E-state index contributed by atoms with van der Waals surface area (Å²) in [6.07, 6.45) is 37.4. The number of hydrogen-bond donors (Lipinski definition) is 2. The van der Waals surface area contributed by atoms with Crippen LogP contribution in [0.1, 0.15) is 233 Å². The maximum absolute atomic E-state index is 13.9. The van der Waals surface area contributed by atoms with Gasteiger partial charge in [-0.1, -0.05) is 130 Å². The van der Waals surface area contributed by atoms with Gasteiger partial charge in [-0.3, -0.25) is 9.59 Å². The summed E-state index contributed by atoms with van der Waals surface area (Å²) in [7, 11) is 0. The second-order valence-corrected chi connectivity index (χ2v) is 21.1. The second kappa shape index (κ2) is 14.6. The first-order chi connectivity index (χ1) is 23.9.